The molecule has 2 atom stereocenters. The molecule has 0 aliphatic rings. The number of carboxylic acid groups (broad SMARTS) is 1. The molecular formula is C24H48O4. The summed E-state index contributed by atoms with van der Waals surface area (Å²) >= 11 is 0. The largest absolute Gasteiger partial charge is 0.481 e. The molecule has 0 saturated carbocycles. The van der Waals surface area contributed by atoms with Gasteiger partial charge in [0.2, 0.25) is 0 Å². The number of hydrogen-bond donors (Lipinski definition) is 1. The van der Waals surface area contributed by atoms with Crippen molar-refractivity contribution in [1.82, 2.24) is 0 Å². The number of hydrogen-bond acceptors (Lipinski definition) is 3. The van der Waals surface area contributed by atoms with Crippen molar-refractivity contribution >= 4 is 5.97 Å². The third kappa shape index (κ3) is 17.5. The lowest BCUT2D eigenvalue weighted by Crippen LogP contribution is -2.26. The average molecular weight is 401 g/mol. The number of ether oxygens (including phenoxy) is 2. The van der Waals surface area contributed by atoms with Gasteiger partial charge in [-0.2, -0.15) is 0 Å². The highest BCUT2D eigenvalue weighted by molar-refractivity contribution is 5.69. The van der Waals surface area contributed by atoms with Gasteiger partial charge in [-0.1, -0.05) is 97.3 Å². The molecule has 0 fully saturated rings. The van der Waals surface area contributed by atoms with Crippen molar-refractivity contribution in [2.45, 2.75) is 130 Å². The summed E-state index contributed by atoms with van der Waals surface area (Å²) in [6, 6.07) is 0. The van der Waals surface area contributed by atoms with Crippen LogP contribution in [0.1, 0.15) is 124 Å². The van der Waals surface area contributed by atoms with Crippen molar-refractivity contribution in [2.24, 2.45) is 5.92 Å². The van der Waals surface area contributed by atoms with Gasteiger partial charge < -0.3 is 14.6 Å². The summed E-state index contributed by atoms with van der Waals surface area (Å²) in [5, 5.41) is 9.53. The molecule has 4 heteroatoms. The van der Waals surface area contributed by atoms with Crippen LogP contribution in [-0.4, -0.2) is 30.6 Å². The maximum absolute atomic E-state index is 11.6. The summed E-state index contributed by atoms with van der Waals surface area (Å²) < 4.78 is 11.3. The van der Waals surface area contributed by atoms with Crippen LogP contribution in [0.3, 0.4) is 0 Å². The first-order valence-corrected chi connectivity index (χ1v) is 12.1. The molecule has 2 unspecified atom stereocenters. The van der Waals surface area contributed by atoms with Crippen LogP contribution in [0.5, 0.6) is 0 Å². The van der Waals surface area contributed by atoms with Crippen molar-refractivity contribution < 1.29 is 19.4 Å². The normalized spacial score (nSPS) is 13.5. The molecule has 0 aromatic rings. The molecule has 0 rings (SSSR count). The fourth-order valence-corrected chi connectivity index (χ4v) is 3.54. The molecule has 0 spiro atoms. The second-order valence-corrected chi connectivity index (χ2v) is 8.06. The molecule has 0 aliphatic heterocycles. The van der Waals surface area contributed by atoms with E-state index in [1.54, 1.807) is 0 Å². The summed E-state index contributed by atoms with van der Waals surface area (Å²) in [4.78, 5) is 11.6. The Morgan fingerprint density at radius 1 is 0.714 bits per heavy atom. The van der Waals surface area contributed by atoms with Crippen molar-refractivity contribution in [3.63, 3.8) is 0 Å². The van der Waals surface area contributed by atoms with Crippen molar-refractivity contribution in [2.75, 3.05) is 13.2 Å². The van der Waals surface area contributed by atoms with Gasteiger partial charge in [0.1, 0.15) is 0 Å². The maximum Gasteiger partial charge on any atom is 0.306 e. The van der Waals surface area contributed by atoms with E-state index in [-0.39, 0.29) is 12.2 Å². The minimum absolute atomic E-state index is 0.360. The smallest absolute Gasteiger partial charge is 0.306 e. The third-order valence-corrected chi connectivity index (χ3v) is 5.39. The molecule has 0 aromatic carbocycles. The standard InChI is InChI=1S/C24H48O4/c1-4-7-9-10-11-12-13-14-15-16-17-18-19-22(24(25)26)21-23(27-6-3)28-20-8-5-2/h22-23H,4-21H2,1-3H3,(H,25,26). The highest BCUT2D eigenvalue weighted by Gasteiger charge is 2.23. The molecule has 0 heterocycles. The Labute approximate surface area is 174 Å². The van der Waals surface area contributed by atoms with Gasteiger partial charge >= 0.3 is 5.97 Å². The second-order valence-electron chi connectivity index (χ2n) is 8.06. The van der Waals surface area contributed by atoms with E-state index in [1.165, 1.54) is 64.2 Å². The number of carboxylic acids is 1. The number of aliphatic carboxylic acids is 1. The Morgan fingerprint density at radius 3 is 1.68 bits per heavy atom. The molecule has 0 saturated heterocycles. The van der Waals surface area contributed by atoms with E-state index in [1.807, 2.05) is 6.92 Å². The van der Waals surface area contributed by atoms with Crippen LogP contribution >= 0.6 is 0 Å². The van der Waals surface area contributed by atoms with Crippen LogP contribution in [0.4, 0.5) is 0 Å². The van der Waals surface area contributed by atoms with E-state index in [4.69, 9.17) is 9.47 Å². The van der Waals surface area contributed by atoms with E-state index >= 15 is 0 Å². The Morgan fingerprint density at radius 2 is 1.21 bits per heavy atom. The topological polar surface area (TPSA) is 55.8 Å². The van der Waals surface area contributed by atoms with Gasteiger partial charge in [0.05, 0.1) is 5.92 Å². The lowest BCUT2D eigenvalue weighted by Gasteiger charge is -2.21. The highest BCUT2D eigenvalue weighted by Crippen LogP contribution is 2.20. The van der Waals surface area contributed by atoms with Crippen LogP contribution in [0, 0.1) is 5.92 Å². The number of unbranched alkanes of at least 4 members (excludes halogenated alkanes) is 12. The monoisotopic (exact) mass is 400 g/mol. The highest BCUT2D eigenvalue weighted by atomic mass is 16.7. The van der Waals surface area contributed by atoms with Crippen LogP contribution in [0.25, 0.3) is 0 Å². The fourth-order valence-electron chi connectivity index (χ4n) is 3.54. The fraction of sp³-hybridized carbons (Fsp3) is 0.958. The van der Waals surface area contributed by atoms with E-state index < -0.39 is 5.97 Å². The summed E-state index contributed by atoms with van der Waals surface area (Å²) in [7, 11) is 0. The quantitative estimate of drug-likeness (QED) is 0.152. The summed E-state index contributed by atoms with van der Waals surface area (Å²) in [6.07, 6.45) is 18.5. The Kier molecular flexibility index (Phi) is 20.6. The first-order chi connectivity index (χ1) is 13.7. The summed E-state index contributed by atoms with van der Waals surface area (Å²) in [5.74, 6) is -1.08. The van der Waals surface area contributed by atoms with Gasteiger partial charge in [-0.25, -0.2) is 0 Å². The van der Waals surface area contributed by atoms with Gasteiger partial charge in [0, 0.05) is 19.6 Å². The van der Waals surface area contributed by atoms with Gasteiger partial charge in [0.15, 0.2) is 6.29 Å². The molecule has 4 nitrogen and oxygen atoms in total. The number of rotatable bonds is 22. The van der Waals surface area contributed by atoms with Crippen molar-refractivity contribution in [3.8, 4) is 0 Å². The predicted octanol–water partition coefficient (Wildman–Crippen LogP) is 7.35. The average Bonchev–Trinajstić information content (AvgIpc) is 2.67. The van der Waals surface area contributed by atoms with Gasteiger partial charge in [-0.3, -0.25) is 4.79 Å². The van der Waals surface area contributed by atoms with E-state index in [0.29, 0.717) is 19.6 Å². The van der Waals surface area contributed by atoms with E-state index in [2.05, 4.69) is 13.8 Å². The molecule has 0 bridgehead atoms. The molecule has 1 N–H and O–H groups in total. The van der Waals surface area contributed by atoms with Crippen molar-refractivity contribution in [1.29, 1.82) is 0 Å². The lowest BCUT2D eigenvalue weighted by molar-refractivity contribution is -0.163. The Balaban J connectivity index is 3.78. The van der Waals surface area contributed by atoms with E-state index in [9.17, 15) is 9.90 Å². The SMILES string of the molecule is CCCCCCCCCCCCCCC(CC(OCC)OCCCC)C(=O)O. The molecule has 0 aromatic heterocycles. The van der Waals surface area contributed by atoms with Gasteiger partial charge in [0.25, 0.3) is 0 Å². The van der Waals surface area contributed by atoms with Gasteiger partial charge in [-0.15, -0.1) is 0 Å². The maximum atomic E-state index is 11.6. The first kappa shape index (κ1) is 27.4. The Hall–Kier alpha value is -0.610. The van der Waals surface area contributed by atoms with Crippen LogP contribution < -0.4 is 0 Å². The zero-order valence-electron chi connectivity index (χ0n) is 19.1. The Bertz CT molecular complexity index is 333. The summed E-state index contributed by atoms with van der Waals surface area (Å²) in [5.41, 5.74) is 0. The van der Waals surface area contributed by atoms with Crippen LogP contribution in [0.2, 0.25) is 0 Å². The zero-order valence-corrected chi connectivity index (χ0v) is 19.1. The third-order valence-electron chi connectivity index (χ3n) is 5.39. The zero-order chi connectivity index (χ0) is 20.9. The lowest BCUT2D eigenvalue weighted by atomic mass is 9.96. The van der Waals surface area contributed by atoms with Crippen molar-refractivity contribution in [3.05, 3.63) is 0 Å². The second kappa shape index (κ2) is 21.1. The summed E-state index contributed by atoms with van der Waals surface area (Å²) in [6.45, 7) is 7.51. The van der Waals surface area contributed by atoms with E-state index in [0.717, 1.165) is 32.1 Å². The first-order valence-electron chi connectivity index (χ1n) is 12.1. The predicted molar refractivity (Wildman–Crippen MR) is 118 cm³/mol. The van der Waals surface area contributed by atoms with Gasteiger partial charge in [-0.05, 0) is 19.8 Å². The minimum atomic E-state index is -0.716. The molecule has 168 valence electrons. The molecular weight excluding hydrogens is 352 g/mol. The molecule has 0 amide bonds. The number of carbonyl (C=O) groups is 1. The van der Waals surface area contributed by atoms with Crippen LogP contribution in [-0.2, 0) is 14.3 Å². The van der Waals surface area contributed by atoms with Crippen LogP contribution in [0.15, 0.2) is 0 Å². The molecule has 0 radical (unpaired) electrons. The molecule has 28 heavy (non-hydrogen) atoms. The molecule has 0 aliphatic carbocycles. The minimum Gasteiger partial charge on any atom is -0.481 e.